The molecule has 0 spiro atoms. The normalized spacial score (nSPS) is 19.1. The van der Waals surface area contributed by atoms with E-state index in [1.54, 1.807) is 0 Å². The van der Waals surface area contributed by atoms with Gasteiger partial charge >= 0.3 is 12.1 Å². The first-order chi connectivity index (χ1) is 9.71. The molecule has 0 aromatic heterocycles. The summed E-state index contributed by atoms with van der Waals surface area (Å²) >= 11 is 0. The Morgan fingerprint density at radius 3 is 2.14 bits per heavy atom. The summed E-state index contributed by atoms with van der Waals surface area (Å²) in [6.45, 7) is 1.95. The van der Waals surface area contributed by atoms with Crippen molar-refractivity contribution in [2.75, 3.05) is 46.4 Å². The van der Waals surface area contributed by atoms with Gasteiger partial charge in [-0.15, -0.1) is 0 Å². The molecule has 1 aliphatic rings. The molecule has 1 amide bonds. The largest absolute Gasteiger partial charge is 0.467 e. The Balaban J connectivity index is 2.45. The summed E-state index contributed by atoms with van der Waals surface area (Å²) < 4.78 is 41.4. The van der Waals surface area contributed by atoms with Crippen molar-refractivity contribution in [3.05, 3.63) is 0 Å². The zero-order valence-corrected chi connectivity index (χ0v) is 12.1. The van der Waals surface area contributed by atoms with Crippen LogP contribution in [0.1, 0.15) is 6.92 Å². The Morgan fingerprint density at radius 2 is 1.71 bits per heavy atom. The Bertz CT molecular complexity index is 368. The van der Waals surface area contributed by atoms with Gasteiger partial charge in [0.1, 0.15) is 6.04 Å². The van der Waals surface area contributed by atoms with Gasteiger partial charge in [0.2, 0.25) is 5.91 Å². The van der Waals surface area contributed by atoms with Crippen LogP contribution >= 0.6 is 0 Å². The molecule has 1 unspecified atom stereocenters. The number of ether oxygens (including phenoxy) is 1. The van der Waals surface area contributed by atoms with Gasteiger partial charge in [0.15, 0.2) is 0 Å². The summed E-state index contributed by atoms with van der Waals surface area (Å²) in [7, 11) is 1.22. The van der Waals surface area contributed by atoms with E-state index in [0.29, 0.717) is 13.1 Å². The Morgan fingerprint density at radius 1 is 1.19 bits per heavy atom. The minimum Gasteiger partial charge on any atom is -0.467 e. The second-order valence-electron chi connectivity index (χ2n) is 4.97. The molecule has 0 aliphatic carbocycles. The molecular weight excluding hydrogens is 291 g/mol. The van der Waals surface area contributed by atoms with Gasteiger partial charge in [0, 0.05) is 39.6 Å². The van der Waals surface area contributed by atoms with Crippen LogP contribution in [0.4, 0.5) is 13.2 Å². The predicted molar refractivity (Wildman–Crippen MR) is 68.6 cm³/mol. The van der Waals surface area contributed by atoms with Crippen molar-refractivity contribution in [3.63, 3.8) is 0 Å². The third-order valence-electron chi connectivity index (χ3n) is 3.17. The molecule has 21 heavy (non-hydrogen) atoms. The number of esters is 1. The van der Waals surface area contributed by atoms with Gasteiger partial charge in [-0.25, -0.2) is 4.79 Å². The van der Waals surface area contributed by atoms with Crippen molar-refractivity contribution in [1.29, 1.82) is 0 Å². The van der Waals surface area contributed by atoms with E-state index in [-0.39, 0.29) is 25.5 Å². The molecule has 6 nitrogen and oxygen atoms in total. The number of methoxy groups -OCH3 is 1. The van der Waals surface area contributed by atoms with E-state index in [4.69, 9.17) is 0 Å². The van der Waals surface area contributed by atoms with Crippen LogP contribution < -0.4 is 5.32 Å². The number of alkyl halides is 3. The number of hydrogen-bond donors (Lipinski definition) is 1. The predicted octanol–water partition coefficient (Wildman–Crippen LogP) is -0.156. The van der Waals surface area contributed by atoms with E-state index < -0.39 is 24.7 Å². The standard InChI is InChI=1S/C12H20F3N3O3/c1-9(19)16-10(11(20)21-2)7-17-3-5-18(6-4-17)8-12(13,14)15/h10H,3-8H2,1-2H3,(H,16,19). The van der Waals surface area contributed by atoms with Gasteiger partial charge in [-0.3, -0.25) is 14.6 Å². The van der Waals surface area contributed by atoms with Gasteiger partial charge in [0.05, 0.1) is 13.7 Å². The first kappa shape index (κ1) is 17.7. The van der Waals surface area contributed by atoms with E-state index in [0.717, 1.165) is 0 Å². The summed E-state index contributed by atoms with van der Waals surface area (Å²) in [5.41, 5.74) is 0. The Labute approximate surface area is 121 Å². The molecule has 122 valence electrons. The van der Waals surface area contributed by atoms with Crippen LogP contribution in [-0.2, 0) is 14.3 Å². The van der Waals surface area contributed by atoms with E-state index in [2.05, 4.69) is 10.1 Å². The third kappa shape index (κ3) is 6.76. The number of carbonyl (C=O) groups is 2. The fourth-order valence-corrected chi connectivity index (χ4v) is 2.21. The van der Waals surface area contributed by atoms with Crippen LogP contribution in [0.3, 0.4) is 0 Å². The van der Waals surface area contributed by atoms with Gasteiger partial charge in [-0.05, 0) is 0 Å². The number of carbonyl (C=O) groups excluding carboxylic acids is 2. The molecule has 0 saturated carbocycles. The van der Waals surface area contributed by atoms with Crippen molar-refractivity contribution < 1.29 is 27.5 Å². The van der Waals surface area contributed by atoms with Crippen LogP contribution in [0.15, 0.2) is 0 Å². The van der Waals surface area contributed by atoms with E-state index in [1.807, 2.05) is 4.90 Å². The number of nitrogens with one attached hydrogen (secondary N) is 1. The molecule has 0 aromatic rings. The summed E-state index contributed by atoms with van der Waals surface area (Å²) in [4.78, 5) is 25.8. The summed E-state index contributed by atoms with van der Waals surface area (Å²) in [5.74, 6) is -0.927. The highest BCUT2D eigenvalue weighted by molar-refractivity contribution is 5.83. The van der Waals surface area contributed by atoms with Crippen molar-refractivity contribution >= 4 is 11.9 Å². The number of piperazine rings is 1. The van der Waals surface area contributed by atoms with Crippen LogP contribution in [0.2, 0.25) is 0 Å². The molecule has 0 bridgehead atoms. The molecular formula is C12H20F3N3O3. The first-order valence-electron chi connectivity index (χ1n) is 6.57. The third-order valence-corrected chi connectivity index (χ3v) is 3.17. The summed E-state index contributed by atoms with van der Waals surface area (Å²) in [6.07, 6.45) is -4.20. The minimum atomic E-state index is -4.20. The van der Waals surface area contributed by atoms with Crippen molar-refractivity contribution in [2.45, 2.75) is 19.1 Å². The zero-order chi connectivity index (χ0) is 16.0. The molecule has 0 radical (unpaired) electrons. The number of amides is 1. The quantitative estimate of drug-likeness (QED) is 0.715. The second-order valence-corrected chi connectivity index (χ2v) is 4.97. The Hall–Kier alpha value is -1.35. The fraction of sp³-hybridized carbons (Fsp3) is 0.833. The topological polar surface area (TPSA) is 61.9 Å². The highest BCUT2D eigenvalue weighted by atomic mass is 19.4. The Kier molecular flexibility index (Phi) is 6.41. The molecule has 1 atom stereocenters. The lowest BCUT2D eigenvalue weighted by atomic mass is 10.2. The molecule has 1 heterocycles. The maximum atomic E-state index is 12.3. The van der Waals surface area contributed by atoms with Crippen LogP contribution in [0.25, 0.3) is 0 Å². The van der Waals surface area contributed by atoms with Gasteiger partial charge in [0.25, 0.3) is 0 Å². The van der Waals surface area contributed by atoms with Crippen molar-refractivity contribution in [2.24, 2.45) is 0 Å². The maximum Gasteiger partial charge on any atom is 0.401 e. The maximum absolute atomic E-state index is 12.3. The van der Waals surface area contributed by atoms with Crippen LogP contribution in [-0.4, -0.2) is 80.3 Å². The first-order valence-corrected chi connectivity index (χ1v) is 6.57. The van der Waals surface area contributed by atoms with E-state index in [9.17, 15) is 22.8 Å². The number of hydrogen-bond acceptors (Lipinski definition) is 5. The van der Waals surface area contributed by atoms with Gasteiger partial charge in [-0.2, -0.15) is 13.2 Å². The molecule has 1 saturated heterocycles. The summed E-state index contributed by atoms with van der Waals surface area (Å²) in [6, 6.07) is -0.804. The molecule has 1 rings (SSSR count). The lowest BCUT2D eigenvalue weighted by Gasteiger charge is -2.36. The van der Waals surface area contributed by atoms with E-state index >= 15 is 0 Å². The van der Waals surface area contributed by atoms with Gasteiger partial charge in [-0.1, -0.05) is 0 Å². The van der Waals surface area contributed by atoms with Gasteiger partial charge < -0.3 is 10.1 Å². The fourth-order valence-electron chi connectivity index (χ4n) is 2.21. The SMILES string of the molecule is COC(=O)C(CN1CCN(CC(F)(F)F)CC1)NC(C)=O. The average Bonchev–Trinajstić information content (AvgIpc) is 2.37. The molecule has 0 aromatic carbocycles. The number of rotatable bonds is 5. The monoisotopic (exact) mass is 311 g/mol. The highest BCUT2D eigenvalue weighted by Gasteiger charge is 2.33. The number of halogens is 3. The zero-order valence-electron chi connectivity index (χ0n) is 12.1. The van der Waals surface area contributed by atoms with Crippen LogP contribution in [0, 0.1) is 0 Å². The minimum absolute atomic E-state index is 0.228. The molecule has 1 fully saturated rings. The van der Waals surface area contributed by atoms with Crippen molar-refractivity contribution in [1.82, 2.24) is 15.1 Å². The smallest absolute Gasteiger partial charge is 0.401 e. The lowest BCUT2D eigenvalue weighted by molar-refractivity contribution is -0.150. The van der Waals surface area contributed by atoms with Crippen LogP contribution in [0.5, 0.6) is 0 Å². The summed E-state index contributed by atoms with van der Waals surface area (Å²) in [5, 5.41) is 2.48. The highest BCUT2D eigenvalue weighted by Crippen LogP contribution is 2.17. The number of nitrogens with zero attached hydrogens (tertiary/aromatic N) is 2. The molecule has 9 heteroatoms. The second kappa shape index (κ2) is 7.60. The average molecular weight is 311 g/mol. The lowest BCUT2D eigenvalue weighted by Crippen LogP contribution is -2.54. The van der Waals surface area contributed by atoms with Crippen molar-refractivity contribution in [3.8, 4) is 0 Å². The van der Waals surface area contributed by atoms with E-state index in [1.165, 1.54) is 18.9 Å². The molecule has 1 N–H and O–H groups in total. The molecule has 1 aliphatic heterocycles.